The smallest absolute Gasteiger partial charge is 0.236 e. The molecule has 1 heterocycles. The van der Waals surface area contributed by atoms with Crippen molar-refractivity contribution in [1.82, 2.24) is 4.98 Å². The monoisotopic (exact) mass is 237 g/mol. The van der Waals surface area contributed by atoms with Crippen molar-refractivity contribution in [1.29, 1.82) is 0 Å². The molecule has 0 aliphatic rings. The highest BCUT2D eigenvalue weighted by Gasteiger charge is 2.30. The van der Waals surface area contributed by atoms with Crippen LogP contribution in [0.2, 0.25) is 0 Å². The molecule has 0 spiro atoms. The minimum absolute atomic E-state index is 0.171. The van der Waals surface area contributed by atoms with Gasteiger partial charge in [0.25, 0.3) is 0 Å². The van der Waals surface area contributed by atoms with Gasteiger partial charge < -0.3 is 11.1 Å². The standard InChI is InChI=1S/C11H15N3OS/c1-7-4-5-8(6-13-7)14-10(15)11(2,3)9(12)16/h4-6H,1-3H3,(H2,12,16)(H,14,15). The molecular formula is C11H15N3OS. The highest BCUT2D eigenvalue weighted by Crippen LogP contribution is 2.18. The highest BCUT2D eigenvalue weighted by atomic mass is 32.1. The second-order valence-corrected chi connectivity index (χ2v) is 4.57. The van der Waals surface area contributed by atoms with Crippen LogP contribution < -0.4 is 11.1 Å². The number of nitrogens with one attached hydrogen (secondary N) is 1. The molecule has 1 aromatic heterocycles. The van der Waals surface area contributed by atoms with Crippen LogP contribution in [0.3, 0.4) is 0 Å². The van der Waals surface area contributed by atoms with Crippen molar-refractivity contribution in [2.45, 2.75) is 20.8 Å². The van der Waals surface area contributed by atoms with E-state index in [9.17, 15) is 4.79 Å². The molecule has 1 amide bonds. The van der Waals surface area contributed by atoms with E-state index in [0.29, 0.717) is 5.69 Å². The molecule has 1 rings (SSSR count). The molecule has 0 atom stereocenters. The van der Waals surface area contributed by atoms with Gasteiger partial charge in [-0.3, -0.25) is 9.78 Å². The first-order valence-corrected chi connectivity index (χ1v) is 5.29. The molecule has 0 aliphatic heterocycles. The first kappa shape index (κ1) is 12.6. The highest BCUT2D eigenvalue weighted by molar-refractivity contribution is 7.80. The van der Waals surface area contributed by atoms with Crippen molar-refractivity contribution >= 4 is 28.8 Å². The second kappa shape index (κ2) is 4.57. The van der Waals surface area contributed by atoms with Crippen molar-refractivity contribution < 1.29 is 4.79 Å². The number of amides is 1. The third-order valence-electron chi connectivity index (χ3n) is 2.35. The molecule has 0 saturated heterocycles. The molecule has 0 bridgehead atoms. The quantitative estimate of drug-likeness (QED) is 0.784. The average Bonchev–Trinajstić information content (AvgIpc) is 2.21. The van der Waals surface area contributed by atoms with Crippen molar-refractivity contribution in [3.63, 3.8) is 0 Å². The van der Waals surface area contributed by atoms with Gasteiger partial charge in [0, 0.05) is 5.69 Å². The van der Waals surface area contributed by atoms with Gasteiger partial charge in [0.2, 0.25) is 5.91 Å². The van der Waals surface area contributed by atoms with E-state index >= 15 is 0 Å². The van der Waals surface area contributed by atoms with E-state index < -0.39 is 5.41 Å². The molecule has 0 fully saturated rings. The lowest BCUT2D eigenvalue weighted by molar-refractivity contribution is -0.121. The summed E-state index contributed by atoms with van der Waals surface area (Å²) in [4.78, 5) is 16.1. The van der Waals surface area contributed by atoms with Gasteiger partial charge >= 0.3 is 0 Å². The Kier molecular flexibility index (Phi) is 3.59. The molecule has 5 heteroatoms. The number of carbonyl (C=O) groups excluding carboxylic acids is 1. The zero-order valence-electron chi connectivity index (χ0n) is 9.57. The number of pyridine rings is 1. The van der Waals surface area contributed by atoms with Crippen LogP contribution in [0.1, 0.15) is 19.5 Å². The molecule has 1 aromatic rings. The normalized spacial score (nSPS) is 10.9. The van der Waals surface area contributed by atoms with E-state index in [1.807, 2.05) is 13.0 Å². The summed E-state index contributed by atoms with van der Waals surface area (Å²) in [6.45, 7) is 5.25. The van der Waals surface area contributed by atoms with E-state index in [2.05, 4.69) is 10.3 Å². The fourth-order valence-corrected chi connectivity index (χ4v) is 1.03. The van der Waals surface area contributed by atoms with E-state index in [4.69, 9.17) is 18.0 Å². The van der Waals surface area contributed by atoms with Crippen LogP contribution in [0.4, 0.5) is 5.69 Å². The average molecular weight is 237 g/mol. The zero-order valence-corrected chi connectivity index (χ0v) is 10.4. The topological polar surface area (TPSA) is 68.0 Å². The largest absolute Gasteiger partial charge is 0.392 e. The van der Waals surface area contributed by atoms with E-state index in [1.165, 1.54) is 0 Å². The van der Waals surface area contributed by atoms with Gasteiger partial charge in [0.1, 0.15) is 0 Å². The number of thiocarbonyl (C=S) groups is 1. The molecule has 0 radical (unpaired) electrons. The molecule has 86 valence electrons. The summed E-state index contributed by atoms with van der Waals surface area (Å²) in [7, 11) is 0. The molecule has 0 unspecified atom stereocenters. The SMILES string of the molecule is Cc1ccc(NC(=O)C(C)(C)C(N)=S)cn1. The van der Waals surface area contributed by atoms with E-state index in [0.717, 1.165) is 5.69 Å². The summed E-state index contributed by atoms with van der Waals surface area (Å²) < 4.78 is 0. The van der Waals surface area contributed by atoms with Crippen LogP contribution >= 0.6 is 12.2 Å². The van der Waals surface area contributed by atoms with Gasteiger partial charge in [-0.1, -0.05) is 12.2 Å². The van der Waals surface area contributed by atoms with Crippen LogP contribution in [0, 0.1) is 12.3 Å². The van der Waals surface area contributed by atoms with Gasteiger partial charge in [-0.15, -0.1) is 0 Å². The lowest BCUT2D eigenvalue weighted by Gasteiger charge is -2.21. The van der Waals surface area contributed by atoms with Crippen LogP contribution in [0.5, 0.6) is 0 Å². The number of anilines is 1. The van der Waals surface area contributed by atoms with Gasteiger partial charge in [0.15, 0.2) is 0 Å². The Balaban J connectivity index is 2.79. The maximum absolute atomic E-state index is 11.9. The van der Waals surface area contributed by atoms with Crippen molar-refractivity contribution in [2.24, 2.45) is 11.1 Å². The Hall–Kier alpha value is -1.49. The summed E-state index contributed by atoms with van der Waals surface area (Å²) in [5.74, 6) is -0.231. The lowest BCUT2D eigenvalue weighted by atomic mass is 9.92. The van der Waals surface area contributed by atoms with Crippen LogP contribution in [-0.4, -0.2) is 15.9 Å². The first-order chi connectivity index (χ1) is 7.34. The van der Waals surface area contributed by atoms with Gasteiger partial charge in [-0.2, -0.15) is 0 Å². The molecule has 0 aromatic carbocycles. The minimum atomic E-state index is -0.861. The molecule has 16 heavy (non-hydrogen) atoms. The summed E-state index contributed by atoms with van der Waals surface area (Å²) in [6, 6.07) is 3.61. The fourth-order valence-electron chi connectivity index (χ4n) is 0.941. The first-order valence-electron chi connectivity index (χ1n) is 4.88. The summed E-state index contributed by atoms with van der Waals surface area (Å²) in [5.41, 5.74) is 6.18. The van der Waals surface area contributed by atoms with Crippen molar-refractivity contribution in [3.05, 3.63) is 24.0 Å². The predicted molar refractivity (Wildman–Crippen MR) is 68.2 cm³/mol. The zero-order chi connectivity index (χ0) is 12.3. The van der Waals surface area contributed by atoms with Gasteiger partial charge in [0.05, 0.1) is 22.3 Å². The fraction of sp³-hybridized carbons (Fsp3) is 0.364. The maximum Gasteiger partial charge on any atom is 0.236 e. The minimum Gasteiger partial charge on any atom is -0.392 e. The number of nitrogens with two attached hydrogens (primary N) is 1. The molecule has 4 nitrogen and oxygen atoms in total. The number of rotatable bonds is 3. The summed E-state index contributed by atoms with van der Waals surface area (Å²) >= 11 is 4.85. The van der Waals surface area contributed by atoms with Crippen LogP contribution in [0.15, 0.2) is 18.3 Å². The third kappa shape index (κ3) is 2.76. The molecule has 3 N–H and O–H groups in total. The maximum atomic E-state index is 11.9. The Morgan fingerprint density at radius 2 is 2.12 bits per heavy atom. The Morgan fingerprint density at radius 3 is 2.56 bits per heavy atom. The number of nitrogens with zero attached hydrogens (tertiary/aromatic N) is 1. The lowest BCUT2D eigenvalue weighted by Crippen LogP contribution is -2.41. The number of hydrogen-bond acceptors (Lipinski definition) is 3. The summed E-state index contributed by atoms with van der Waals surface area (Å²) in [6.07, 6.45) is 1.60. The van der Waals surface area contributed by atoms with Crippen LogP contribution in [-0.2, 0) is 4.79 Å². The second-order valence-electron chi connectivity index (χ2n) is 4.13. The van der Waals surface area contributed by atoms with E-state index in [-0.39, 0.29) is 10.9 Å². The Labute approximate surface area is 100 Å². The number of aryl methyl sites for hydroxylation is 1. The Morgan fingerprint density at radius 1 is 1.50 bits per heavy atom. The third-order valence-corrected chi connectivity index (χ3v) is 2.86. The number of hydrogen-bond donors (Lipinski definition) is 2. The van der Waals surface area contributed by atoms with Crippen LogP contribution in [0.25, 0.3) is 0 Å². The summed E-state index contributed by atoms with van der Waals surface area (Å²) in [5, 5.41) is 2.72. The van der Waals surface area contributed by atoms with Crippen molar-refractivity contribution in [2.75, 3.05) is 5.32 Å². The Bertz CT molecular complexity index is 412. The number of aromatic nitrogens is 1. The van der Waals surface area contributed by atoms with Crippen molar-refractivity contribution in [3.8, 4) is 0 Å². The predicted octanol–water partition coefficient (Wildman–Crippen LogP) is 1.64. The van der Waals surface area contributed by atoms with E-state index in [1.54, 1.807) is 26.1 Å². The number of carbonyl (C=O) groups is 1. The molecular weight excluding hydrogens is 222 g/mol. The molecule has 0 aliphatic carbocycles. The molecule has 0 saturated carbocycles. The van der Waals surface area contributed by atoms with Gasteiger partial charge in [-0.25, -0.2) is 0 Å². The van der Waals surface area contributed by atoms with Gasteiger partial charge in [-0.05, 0) is 32.9 Å².